The number of hydrogen-bond donors (Lipinski definition) is 1. The highest BCUT2D eigenvalue weighted by Crippen LogP contribution is 2.29. The van der Waals surface area contributed by atoms with Crippen molar-refractivity contribution in [2.24, 2.45) is 0 Å². The first-order valence-electron chi connectivity index (χ1n) is 7.17. The molecule has 3 nitrogen and oxygen atoms in total. The Morgan fingerprint density at radius 3 is 2.53 bits per heavy atom. The van der Waals surface area contributed by atoms with Gasteiger partial charge in [0.25, 0.3) is 0 Å². The van der Waals surface area contributed by atoms with E-state index in [1.54, 1.807) is 0 Å². The van der Waals surface area contributed by atoms with Gasteiger partial charge < -0.3 is 10.1 Å². The monoisotopic (exact) mass is 242 g/mol. The Hall–Kier alpha value is -0.120. The molecule has 1 fully saturated rings. The van der Waals surface area contributed by atoms with Crippen molar-refractivity contribution in [1.82, 2.24) is 10.2 Å². The molecular weight excluding hydrogens is 212 g/mol. The molecule has 1 unspecified atom stereocenters. The fraction of sp³-hybridized carbons (Fsp3) is 1.00. The van der Waals surface area contributed by atoms with Crippen LogP contribution in [0.5, 0.6) is 0 Å². The summed E-state index contributed by atoms with van der Waals surface area (Å²) in [6, 6.07) is 1.93. The molecule has 0 radical (unpaired) electrons. The van der Waals surface area contributed by atoms with E-state index < -0.39 is 0 Å². The third kappa shape index (κ3) is 5.84. The predicted molar refractivity (Wildman–Crippen MR) is 73.4 cm³/mol. The summed E-state index contributed by atoms with van der Waals surface area (Å²) in [6.07, 6.45) is 5.34. The van der Waals surface area contributed by atoms with Crippen molar-refractivity contribution in [3.63, 3.8) is 0 Å². The van der Waals surface area contributed by atoms with E-state index >= 15 is 0 Å². The van der Waals surface area contributed by atoms with Gasteiger partial charge in [0, 0.05) is 31.8 Å². The molecule has 0 saturated heterocycles. The Labute approximate surface area is 107 Å². The minimum atomic E-state index is 0.543. The Morgan fingerprint density at radius 1 is 1.35 bits per heavy atom. The van der Waals surface area contributed by atoms with Crippen molar-refractivity contribution in [2.45, 2.75) is 64.6 Å². The number of nitrogens with one attached hydrogen (secondary N) is 1. The Bertz CT molecular complexity index is 193. The van der Waals surface area contributed by atoms with Crippen LogP contribution in [-0.4, -0.2) is 49.8 Å². The zero-order valence-electron chi connectivity index (χ0n) is 12.0. The van der Waals surface area contributed by atoms with Crippen LogP contribution in [0.3, 0.4) is 0 Å². The fourth-order valence-electron chi connectivity index (χ4n) is 2.25. The summed E-state index contributed by atoms with van der Waals surface area (Å²) in [4.78, 5) is 2.67. The predicted octanol–water partition coefficient (Wildman–Crippen LogP) is 2.26. The first kappa shape index (κ1) is 14.9. The smallest absolute Gasteiger partial charge is 0.0630 e. The number of unbranched alkanes of at least 4 members (excludes halogenated alkanes) is 1. The van der Waals surface area contributed by atoms with Crippen molar-refractivity contribution in [3.8, 4) is 0 Å². The summed E-state index contributed by atoms with van der Waals surface area (Å²) >= 11 is 0. The van der Waals surface area contributed by atoms with E-state index in [2.05, 4.69) is 31.0 Å². The van der Waals surface area contributed by atoms with Crippen molar-refractivity contribution in [3.05, 3.63) is 0 Å². The molecule has 0 aromatic carbocycles. The van der Waals surface area contributed by atoms with Crippen LogP contribution in [0.2, 0.25) is 0 Å². The summed E-state index contributed by atoms with van der Waals surface area (Å²) < 4.78 is 5.39. The largest absolute Gasteiger partial charge is 0.383 e. The van der Waals surface area contributed by atoms with Gasteiger partial charge in [-0.2, -0.15) is 0 Å². The second kappa shape index (κ2) is 8.06. The van der Waals surface area contributed by atoms with Crippen molar-refractivity contribution in [1.29, 1.82) is 0 Å². The van der Waals surface area contributed by atoms with Gasteiger partial charge in [0.1, 0.15) is 0 Å². The lowest BCUT2D eigenvalue weighted by Crippen LogP contribution is -2.48. The maximum Gasteiger partial charge on any atom is 0.0630 e. The molecule has 0 aliphatic heterocycles. The lowest BCUT2D eigenvalue weighted by atomic mass is 10.2. The molecule has 1 aliphatic carbocycles. The fourth-order valence-corrected chi connectivity index (χ4v) is 2.25. The molecule has 1 rings (SSSR count). The van der Waals surface area contributed by atoms with Crippen LogP contribution >= 0.6 is 0 Å². The van der Waals surface area contributed by atoms with E-state index in [4.69, 9.17) is 4.74 Å². The number of hydrogen-bond acceptors (Lipinski definition) is 3. The van der Waals surface area contributed by atoms with E-state index in [0.717, 1.165) is 19.2 Å². The van der Waals surface area contributed by atoms with E-state index in [1.807, 2.05) is 7.11 Å². The topological polar surface area (TPSA) is 24.5 Å². The number of methoxy groups -OCH3 is 1. The van der Waals surface area contributed by atoms with E-state index in [0.29, 0.717) is 12.1 Å². The van der Waals surface area contributed by atoms with Crippen molar-refractivity contribution in [2.75, 3.05) is 26.8 Å². The first-order chi connectivity index (χ1) is 8.19. The van der Waals surface area contributed by atoms with Gasteiger partial charge in [-0.1, -0.05) is 27.2 Å². The Morgan fingerprint density at radius 2 is 2.06 bits per heavy atom. The highest BCUT2D eigenvalue weighted by Gasteiger charge is 2.33. The molecule has 0 aromatic rings. The molecule has 1 aliphatic rings. The molecule has 3 heteroatoms. The minimum absolute atomic E-state index is 0.543. The summed E-state index contributed by atoms with van der Waals surface area (Å²) in [5.41, 5.74) is 0. The Balaban J connectivity index is 2.44. The average molecular weight is 242 g/mol. The summed E-state index contributed by atoms with van der Waals surface area (Å²) in [5, 5.41) is 3.55. The molecule has 1 saturated carbocycles. The average Bonchev–Trinajstić information content (AvgIpc) is 3.10. The molecule has 0 spiro atoms. The van der Waals surface area contributed by atoms with Crippen LogP contribution in [0.1, 0.15) is 46.5 Å². The number of ether oxygens (including phenoxy) is 1. The molecule has 0 bridgehead atoms. The molecule has 102 valence electrons. The lowest BCUT2D eigenvalue weighted by molar-refractivity contribution is 0.0816. The minimum Gasteiger partial charge on any atom is -0.383 e. The maximum absolute atomic E-state index is 5.39. The molecule has 0 aromatic heterocycles. The van der Waals surface area contributed by atoms with Crippen LogP contribution in [0.4, 0.5) is 0 Å². The van der Waals surface area contributed by atoms with E-state index in [-0.39, 0.29) is 0 Å². The van der Waals surface area contributed by atoms with Gasteiger partial charge in [-0.05, 0) is 25.8 Å². The van der Waals surface area contributed by atoms with Crippen LogP contribution < -0.4 is 5.32 Å². The molecule has 0 amide bonds. The Kier molecular flexibility index (Phi) is 7.09. The lowest BCUT2D eigenvalue weighted by Gasteiger charge is -2.32. The number of nitrogens with zero attached hydrogens (tertiary/aromatic N) is 1. The van der Waals surface area contributed by atoms with E-state index in [9.17, 15) is 0 Å². The molecule has 1 atom stereocenters. The van der Waals surface area contributed by atoms with E-state index in [1.165, 1.54) is 32.2 Å². The van der Waals surface area contributed by atoms with Gasteiger partial charge in [-0.15, -0.1) is 0 Å². The van der Waals surface area contributed by atoms with Gasteiger partial charge >= 0.3 is 0 Å². The summed E-state index contributed by atoms with van der Waals surface area (Å²) in [7, 11) is 1.81. The highest BCUT2D eigenvalue weighted by molar-refractivity contribution is 4.89. The highest BCUT2D eigenvalue weighted by atomic mass is 16.5. The normalized spacial score (nSPS) is 18.0. The zero-order chi connectivity index (χ0) is 12.7. The summed E-state index contributed by atoms with van der Waals surface area (Å²) in [6.45, 7) is 9.80. The molecular formula is C14H30N2O. The summed E-state index contributed by atoms with van der Waals surface area (Å²) in [5.74, 6) is 0. The third-order valence-corrected chi connectivity index (χ3v) is 3.38. The molecule has 17 heavy (non-hydrogen) atoms. The standard InChI is InChI=1S/C14H30N2O/c1-5-6-9-16(13-7-8-13)14(11-17-4)10-15-12(2)3/h12-15H,5-11H2,1-4H3. The molecule has 1 N–H and O–H groups in total. The maximum atomic E-state index is 5.39. The van der Waals surface area contributed by atoms with Crippen LogP contribution in [0, 0.1) is 0 Å². The van der Waals surface area contributed by atoms with Gasteiger partial charge in [0.05, 0.1) is 6.61 Å². The van der Waals surface area contributed by atoms with Crippen molar-refractivity contribution < 1.29 is 4.74 Å². The van der Waals surface area contributed by atoms with Gasteiger partial charge in [0.2, 0.25) is 0 Å². The quantitative estimate of drug-likeness (QED) is 0.636. The van der Waals surface area contributed by atoms with Crippen molar-refractivity contribution >= 4 is 0 Å². The van der Waals surface area contributed by atoms with Gasteiger partial charge in [0.15, 0.2) is 0 Å². The second-order valence-electron chi connectivity index (χ2n) is 5.49. The number of rotatable bonds is 10. The van der Waals surface area contributed by atoms with Crippen LogP contribution in [0.15, 0.2) is 0 Å². The second-order valence-corrected chi connectivity index (χ2v) is 5.49. The first-order valence-corrected chi connectivity index (χ1v) is 7.17. The van der Waals surface area contributed by atoms with Crippen LogP contribution in [0.25, 0.3) is 0 Å². The zero-order valence-corrected chi connectivity index (χ0v) is 12.0. The van der Waals surface area contributed by atoms with Gasteiger partial charge in [-0.3, -0.25) is 4.90 Å². The molecule has 0 heterocycles. The SMILES string of the molecule is CCCCN(C1CC1)C(CNC(C)C)COC. The third-order valence-electron chi connectivity index (χ3n) is 3.38. The van der Waals surface area contributed by atoms with Crippen LogP contribution in [-0.2, 0) is 4.74 Å². The van der Waals surface area contributed by atoms with Gasteiger partial charge in [-0.25, -0.2) is 0 Å².